The second-order valence-corrected chi connectivity index (χ2v) is 19.1. The predicted octanol–water partition coefficient (Wildman–Crippen LogP) is 3.70. The minimum Gasteiger partial charge on any atom is -0.353 e. The van der Waals surface area contributed by atoms with Crippen molar-refractivity contribution in [1.82, 2.24) is 30.5 Å². The van der Waals surface area contributed by atoms with E-state index >= 15 is 0 Å². The molecule has 4 N–H and O–H groups in total. The summed E-state index contributed by atoms with van der Waals surface area (Å²) >= 11 is 1.39. The maximum atomic E-state index is 14.7. The SMILES string of the molecule is C=C(C)[C@H]1CCN(C(=O)[C@@H](NC(=O)N[C@H](CN2Cc3sccc3S2(=O)=O)C(C)(C)C)C2CCCCC2)[C@@H]1C(=O)NC(CC1CCC1)C(=O)C(=O)NC. The minimum atomic E-state index is -3.69. The van der Waals surface area contributed by atoms with E-state index in [1.54, 1.807) is 11.4 Å². The minimum absolute atomic E-state index is 0.0636. The van der Waals surface area contributed by atoms with Gasteiger partial charge in [-0.1, -0.05) is 71.4 Å². The molecule has 5 rings (SSSR count). The number of thiophene rings is 1. The number of hydrogen-bond acceptors (Lipinski definition) is 8. The third kappa shape index (κ3) is 8.73. The van der Waals surface area contributed by atoms with Crippen LogP contribution < -0.4 is 21.3 Å². The van der Waals surface area contributed by atoms with Gasteiger partial charge in [0.1, 0.15) is 12.1 Å². The van der Waals surface area contributed by atoms with Gasteiger partial charge in [-0.25, -0.2) is 13.2 Å². The molecule has 15 heteroatoms. The summed E-state index contributed by atoms with van der Waals surface area (Å²) in [6.45, 7) is 12.3. The maximum absolute atomic E-state index is 14.7. The van der Waals surface area contributed by atoms with E-state index in [2.05, 4.69) is 27.8 Å². The Bertz CT molecular complexity index is 1640. The number of likely N-dealkylation sites (tertiary alicyclic amines) is 1. The van der Waals surface area contributed by atoms with Gasteiger partial charge in [-0.3, -0.25) is 19.2 Å². The molecule has 0 bridgehead atoms. The van der Waals surface area contributed by atoms with E-state index in [1.165, 1.54) is 27.6 Å². The number of urea groups is 1. The molecule has 13 nitrogen and oxygen atoms in total. The third-order valence-corrected chi connectivity index (χ3v) is 14.4. The number of fused-ring (bicyclic) bond motifs is 1. The second kappa shape index (κ2) is 16.4. The molecular formula is C37H56N6O7S2. The summed E-state index contributed by atoms with van der Waals surface area (Å²) in [6.07, 6.45) is 8.02. The van der Waals surface area contributed by atoms with Crippen LogP contribution in [0.3, 0.4) is 0 Å². The lowest BCUT2D eigenvalue weighted by Crippen LogP contribution is -2.61. The predicted molar refractivity (Wildman–Crippen MR) is 199 cm³/mol. The molecule has 5 atom stereocenters. The first-order chi connectivity index (χ1) is 24.5. The van der Waals surface area contributed by atoms with Gasteiger partial charge in [0, 0.05) is 43.5 Å². The van der Waals surface area contributed by atoms with Gasteiger partial charge in [0.2, 0.25) is 27.6 Å². The molecule has 1 unspecified atom stereocenters. The zero-order valence-corrected chi connectivity index (χ0v) is 32.8. The molecule has 52 heavy (non-hydrogen) atoms. The van der Waals surface area contributed by atoms with Crippen LogP contribution in [-0.2, 0) is 35.7 Å². The molecule has 3 fully saturated rings. The topological polar surface area (TPSA) is 174 Å². The van der Waals surface area contributed by atoms with Crippen LogP contribution in [0.15, 0.2) is 28.5 Å². The quantitative estimate of drug-likeness (QED) is 0.175. The Kier molecular flexibility index (Phi) is 12.6. The van der Waals surface area contributed by atoms with Gasteiger partial charge in [-0.15, -0.1) is 11.3 Å². The van der Waals surface area contributed by atoms with E-state index in [4.69, 9.17) is 0 Å². The number of nitrogens with one attached hydrogen (secondary N) is 4. The highest BCUT2D eigenvalue weighted by Gasteiger charge is 2.47. The van der Waals surface area contributed by atoms with E-state index in [0.29, 0.717) is 17.7 Å². The van der Waals surface area contributed by atoms with Crippen molar-refractivity contribution in [3.63, 3.8) is 0 Å². The van der Waals surface area contributed by atoms with E-state index in [9.17, 15) is 32.4 Å². The van der Waals surface area contributed by atoms with Crippen molar-refractivity contribution in [3.8, 4) is 0 Å². The van der Waals surface area contributed by atoms with Crippen molar-refractivity contribution < 1.29 is 32.4 Å². The van der Waals surface area contributed by atoms with Crippen LogP contribution in [0.1, 0.15) is 96.8 Å². The summed E-state index contributed by atoms with van der Waals surface area (Å²) in [5, 5.41) is 13.0. The molecule has 2 saturated carbocycles. The molecule has 4 aliphatic rings. The van der Waals surface area contributed by atoms with Crippen molar-refractivity contribution in [1.29, 1.82) is 0 Å². The number of carbonyl (C=O) groups excluding carboxylic acids is 5. The first-order valence-corrected chi connectivity index (χ1v) is 21.0. The molecule has 0 radical (unpaired) electrons. The lowest BCUT2D eigenvalue weighted by atomic mass is 9.80. The molecule has 0 aromatic carbocycles. The van der Waals surface area contributed by atoms with Gasteiger partial charge in [-0.2, -0.15) is 4.31 Å². The first-order valence-electron chi connectivity index (χ1n) is 18.7. The molecular weight excluding hydrogens is 705 g/mol. The molecule has 2 aliphatic carbocycles. The fourth-order valence-corrected chi connectivity index (χ4v) is 11.0. The van der Waals surface area contributed by atoms with E-state index in [1.807, 2.05) is 27.7 Å². The lowest BCUT2D eigenvalue weighted by Gasteiger charge is -2.37. The summed E-state index contributed by atoms with van der Waals surface area (Å²) in [4.78, 5) is 70.8. The molecule has 1 aromatic rings. The maximum Gasteiger partial charge on any atom is 0.315 e. The van der Waals surface area contributed by atoms with Crippen LogP contribution >= 0.6 is 11.3 Å². The Balaban J connectivity index is 1.35. The fraction of sp³-hybridized carbons (Fsp3) is 0.703. The van der Waals surface area contributed by atoms with Crippen LogP contribution in [0.4, 0.5) is 4.79 Å². The lowest BCUT2D eigenvalue weighted by molar-refractivity contribution is -0.144. The molecule has 5 amide bonds. The monoisotopic (exact) mass is 760 g/mol. The van der Waals surface area contributed by atoms with Crippen molar-refractivity contribution in [2.75, 3.05) is 20.1 Å². The highest BCUT2D eigenvalue weighted by Crippen LogP contribution is 2.37. The highest BCUT2D eigenvalue weighted by atomic mass is 32.2. The first kappa shape index (κ1) is 39.9. The number of ketones is 1. The Morgan fingerprint density at radius 3 is 2.25 bits per heavy atom. The average Bonchev–Trinajstić information content (AvgIpc) is 3.79. The van der Waals surface area contributed by atoms with Gasteiger partial charge >= 0.3 is 6.03 Å². The number of hydrogen-bond donors (Lipinski definition) is 4. The third-order valence-electron chi connectivity index (χ3n) is 11.5. The van der Waals surface area contributed by atoms with Gasteiger partial charge < -0.3 is 26.2 Å². The van der Waals surface area contributed by atoms with E-state index < -0.39 is 63.2 Å². The van der Waals surface area contributed by atoms with Crippen LogP contribution in [0, 0.1) is 23.2 Å². The summed E-state index contributed by atoms with van der Waals surface area (Å²) in [5.74, 6) is -2.69. The number of Topliss-reactive ketones (excluding diaryl/α,β-unsaturated/α-hetero) is 1. The van der Waals surface area contributed by atoms with Gasteiger partial charge in [0.15, 0.2) is 0 Å². The zero-order valence-electron chi connectivity index (χ0n) is 31.2. The fourth-order valence-electron chi connectivity index (χ4n) is 8.04. The largest absolute Gasteiger partial charge is 0.353 e. The number of amides is 5. The summed E-state index contributed by atoms with van der Waals surface area (Å²) < 4.78 is 27.9. The Morgan fingerprint density at radius 1 is 0.981 bits per heavy atom. The van der Waals surface area contributed by atoms with Crippen molar-refractivity contribution >= 4 is 50.9 Å². The second-order valence-electron chi connectivity index (χ2n) is 16.2. The summed E-state index contributed by atoms with van der Waals surface area (Å²) in [7, 11) is -2.31. The number of nitrogens with zero attached hydrogens (tertiary/aromatic N) is 2. The number of rotatable bonds is 13. The molecule has 3 heterocycles. The van der Waals surface area contributed by atoms with Crippen LogP contribution in [0.2, 0.25) is 0 Å². The average molecular weight is 761 g/mol. The van der Waals surface area contributed by atoms with E-state index in [0.717, 1.165) is 61.8 Å². The number of likely N-dealkylation sites (N-methyl/N-ethyl adjacent to an activating group) is 1. The molecule has 288 valence electrons. The van der Waals surface area contributed by atoms with Crippen LogP contribution in [0.25, 0.3) is 0 Å². The standard InChI is InChI=1S/C37H56N6O7S2/c1-22(2)25-15-17-43(31(25)33(45)39-26(19-23-11-10-12-23)32(44)34(46)38-6)35(47)30(24-13-8-7-9-14-24)41-36(48)40-29(37(3,4)5)21-42-20-27-28(16-18-51-27)52(42,49)50/h16,18,23-26,29-31H,1,7-15,17,19-21H2,2-6H3,(H,38,46)(H,39,45)(H2,40,41,48)/t25-,26?,29-,30+,31+/m1/s1. The normalized spacial score (nSPS) is 23.8. The van der Waals surface area contributed by atoms with Gasteiger partial charge in [0.25, 0.3) is 5.91 Å². The summed E-state index contributed by atoms with van der Waals surface area (Å²) in [5.41, 5.74) is 0.199. The van der Waals surface area contributed by atoms with Crippen molar-refractivity contribution in [3.05, 3.63) is 28.5 Å². The summed E-state index contributed by atoms with van der Waals surface area (Å²) in [6, 6.07) is -2.46. The van der Waals surface area contributed by atoms with Gasteiger partial charge in [0.05, 0.1) is 10.9 Å². The number of carbonyl (C=O) groups is 5. The zero-order chi connectivity index (χ0) is 38.0. The Hall–Kier alpha value is -3.30. The molecule has 2 aliphatic heterocycles. The molecule has 1 saturated heterocycles. The van der Waals surface area contributed by atoms with Crippen molar-refractivity contribution in [2.45, 2.75) is 128 Å². The Labute approximate surface area is 312 Å². The van der Waals surface area contributed by atoms with Crippen molar-refractivity contribution in [2.24, 2.45) is 23.2 Å². The van der Waals surface area contributed by atoms with Crippen LogP contribution in [0.5, 0.6) is 0 Å². The van der Waals surface area contributed by atoms with Gasteiger partial charge in [-0.05, 0) is 61.3 Å². The number of sulfonamides is 1. The van der Waals surface area contributed by atoms with E-state index in [-0.39, 0.29) is 43.3 Å². The molecule has 1 aromatic heterocycles. The highest BCUT2D eigenvalue weighted by molar-refractivity contribution is 7.89. The molecule has 0 spiro atoms. The van der Waals surface area contributed by atoms with Crippen LogP contribution in [-0.4, -0.2) is 91.5 Å². The smallest absolute Gasteiger partial charge is 0.315 e. The Morgan fingerprint density at radius 2 is 1.67 bits per heavy atom.